The third-order valence-corrected chi connectivity index (χ3v) is 7.13. The van der Waals surface area contributed by atoms with Crippen molar-refractivity contribution in [1.29, 1.82) is 0 Å². The number of ether oxygens (including phenoxy) is 1. The molecule has 3 aliphatic heterocycles. The van der Waals surface area contributed by atoms with E-state index in [1.54, 1.807) is 0 Å². The zero-order valence-corrected chi connectivity index (χ0v) is 19.4. The summed E-state index contributed by atoms with van der Waals surface area (Å²) in [5, 5.41) is 3.25. The number of nitrogens with zero attached hydrogens (tertiary/aromatic N) is 4. The molecule has 0 unspecified atom stereocenters. The molecule has 3 saturated heterocycles. The Morgan fingerprint density at radius 1 is 1.06 bits per heavy atom. The average molecular weight is 430 g/mol. The van der Waals surface area contributed by atoms with Crippen LogP contribution in [0.2, 0.25) is 0 Å². The molecule has 0 saturated carbocycles. The SMILES string of the molecule is CC(C)c1cc(C(=O)NCC2(CN3CCCCC3)CCOCC2)nc(N2CCCC2)n1. The maximum absolute atomic E-state index is 13.2. The number of hydrogen-bond donors (Lipinski definition) is 1. The van der Waals surface area contributed by atoms with Crippen molar-refractivity contribution in [2.24, 2.45) is 5.41 Å². The quantitative estimate of drug-likeness (QED) is 0.718. The predicted molar refractivity (Wildman–Crippen MR) is 123 cm³/mol. The zero-order chi connectivity index (χ0) is 21.7. The predicted octanol–water partition coefficient (Wildman–Crippen LogP) is 3.21. The van der Waals surface area contributed by atoms with Gasteiger partial charge in [0.25, 0.3) is 5.91 Å². The standard InChI is InChI=1S/C24H39N5O2/c1-19(2)20-16-21(27-23(26-20)29-12-6-7-13-29)22(30)25-17-24(8-14-31-15-9-24)18-28-10-4-3-5-11-28/h16,19H,3-15,17-18H2,1-2H3,(H,25,30). The summed E-state index contributed by atoms with van der Waals surface area (Å²) in [7, 11) is 0. The van der Waals surface area contributed by atoms with E-state index >= 15 is 0 Å². The summed E-state index contributed by atoms with van der Waals surface area (Å²) < 4.78 is 5.66. The van der Waals surface area contributed by atoms with Crippen LogP contribution in [0.4, 0.5) is 5.95 Å². The van der Waals surface area contributed by atoms with Gasteiger partial charge in [0.15, 0.2) is 0 Å². The molecule has 0 aromatic carbocycles. The van der Waals surface area contributed by atoms with Crippen LogP contribution in [-0.4, -0.2) is 73.3 Å². The van der Waals surface area contributed by atoms with Crippen molar-refractivity contribution in [1.82, 2.24) is 20.2 Å². The van der Waals surface area contributed by atoms with Crippen molar-refractivity contribution in [2.45, 2.75) is 64.7 Å². The van der Waals surface area contributed by atoms with Crippen LogP contribution in [0.5, 0.6) is 0 Å². The summed E-state index contributed by atoms with van der Waals surface area (Å²) in [5.74, 6) is 0.897. The lowest BCUT2D eigenvalue weighted by Gasteiger charge is -2.42. The van der Waals surface area contributed by atoms with E-state index in [0.717, 1.165) is 64.2 Å². The molecule has 0 radical (unpaired) electrons. The number of rotatable bonds is 7. The minimum atomic E-state index is -0.0748. The first-order chi connectivity index (χ1) is 15.0. The molecule has 4 heterocycles. The zero-order valence-electron chi connectivity index (χ0n) is 19.4. The Kier molecular flexibility index (Phi) is 7.43. The first kappa shape index (κ1) is 22.5. The van der Waals surface area contributed by atoms with Crippen molar-refractivity contribution in [3.8, 4) is 0 Å². The van der Waals surface area contributed by atoms with Gasteiger partial charge < -0.3 is 19.9 Å². The van der Waals surface area contributed by atoms with Gasteiger partial charge in [-0.3, -0.25) is 4.79 Å². The highest BCUT2D eigenvalue weighted by Crippen LogP contribution is 2.32. The fourth-order valence-electron chi connectivity index (χ4n) is 5.07. The van der Waals surface area contributed by atoms with Crippen molar-refractivity contribution in [3.05, 3.63) is 17.5 Å². The van der Waals surface area contributed by atoms with Gasteiger partial charge in [0.05, 0.1) is 0 Å². The van der Waals surface area contributed by atoms with Gasteiger partial charge >= 0.3 is 0 Å². The number of carbonyl (C=O) groups excluding carboxylic acids is 1. The van der Waals surface area contributed by atoms with E-state index in [2.05, 4.69) is 33.9 Å². The molecule has 7 heteroatoms. The molecule has 1 aromatic heterocycles. The molecule has 1 amide bonds. The lowest BCUT2D eigenvalue weighted by Crippen LogP contribution is -2.49. The number of anilines is 1. The number of aromatic nitrogens is 2. The van der Waals surface area contributed by atoms with Gasteiger partial charge in [0.1, 0.15) is 5.69 Å². The van der Waals surface area contributed by atoms with Gasteiger partial charge in [-0.2, -0.15) is 0 Å². The molecule has 3 fully saturated rings. The second kappa shape index (κ2) is 10.3. The lowest BCUT2D eigenvalue weighted by atomic mass is 9.79. The first-order valence-corrected chi connectivity index (χ1v) is 12.3. The van der Waals surface area contributed by atoms with E-state index in [1.807, 2.05) is 6.07 Å². The van der Waals surface area contributed by atoms with E-state index in [0.29, 0.717) is 18.2 Å². The number of hydrogen-bond acceptors (Lipinski definition) is 6. The van der Waals surface area contributed by atoms with E-state index in [-0.39, 0.29) is 17.2 Å². The summed E-state index contributed by atoms with van der Waals surface area (Å²) in [5.41, 5.74) is 1.54. The molecule has 4 rings (SSSR count). The summed E-state index contributed by atoms with van der Waals surface area (Å²) in [6, 6.07) is 1.88. The van der Waals surface area contributed by atoms with E-state index in [4.69, 9.17) is 9.72 Å². The molecular formula is C24H39N5O2. The average Bonchev–Trinajstić information content (AvgIpc) is 3.34. The van der Waals surface area contributed by atoms with E-state index in [1.165, 1.54) is 32.4 Å². The van der Waals surface area contributed by atoms with Crippen LogP contribution >= 0.6 is 0 Å². The highest BCUT2D eigenvalue weighted by atomic mass is 16.5. The minimum absolute atomic E-state index is 0.0748. The molecule has 31 heavy (non-hydrogen) atoms. The third kappa shape index (κ3) is 5.75. The van der Waals surface area contributed by atoms with E-state index in [9.17, 15) is 4.79 Å². The maximum Gasteiger partial charge on any atom is 0.270 e. The van der Waals surface area contributed by atoms with Crippen molar-refractivity contribution >= 4 is 11.9 Å². The largest absolute Gasteiger partial charge is 0.381 e. The first-order valence-electron chi connectivity index (χ1n) is 12.3. The van der Waals surface area contributed by atoms with Gasteiger partial charge in [0, 0.05) is 50.5 Å². The monoisotopic (exact) mass is 429 g/mol. The maximum atomic E-state index is 13.2. The Morgan fingerprint density at radius 3 is 2.42 bits per heavy atom. The Balaban J connectivity index is 1.46. The second-order valence-electron chi connectivity index (χ2n) is 9.96. The molecule has 1 N–H and O–H groups in total. The number of likely N-dealkylation sites (tertiary alicyclic amines) is 1. The molecule has 0 spiro atoms. The smallest absolute Gasteiger partial charge is 0.270 e. The summed E-state index contributed by atoms with van der Waals surface area (Å²) in [4.78, 5) is 27.4. The van der Waals surface area contributed by atoms with Crippen LogP contribution in [0.15, 0.2) is 6.07 Å². The van der Waals surface area contributed by atoms with Crippen LogP contribution in [-0.2, 0) is 4.74 Å². The fourth-order valence-corrected chi connectivity index (χ4v) is 5.07. The summed E-state index contributed by atoms with van der Waals surface area (Å²) in [6.07, 6.45) is 8.26. The van der Waals surface area contributed by atoms with Crippen LogP contribution in [0.1, 0.15) is 80.9 Å². The molecule has 0 bridgehead atoms. The minimum Gasteiger partial charge on any atom is -0.381 e. The fraction of sp³-hybridized carbons (Fsp3) is 0.792. The Bertz CT molecular complexity index is 735. The summed E-state index contributed by atoms with van der Waals surface area (Å²) in [6.45, 7) is 11.9. The normalized spacial score (nSPS) is 22.1. The number of amides is 1. The topological polar surface area (TPSA) is 70.6 Å². The Morgan fingerprint density at radius 2 is 1.74 bits per heavy atom. The number of piperidine rings is 1. The molecule has 3 aliphatic rings. The van der Waals surface area contributed by atoms with Crippen LogP contribution < -0.4 is 10.2 Å². The molecule has 0 aliphatic carbocycles. The van der Waals surface area contributed by atoms with Crippen molar-refractivity contribution in [2.75, 3.05) is 57.4 Å². The van der Waals surface area contributed by atoms with Crippen LogP contribution in [0, 0.1) is 5.41 Å². The Labute approximate surface area is 186 Å². The highest BCUT2D eigenvalue weighted by Gasteiger charge is 2.35. The number of nitrogens with one attached hydrogen (secondary N) is 1. The van der Waals surface area contributed by atoms with Crippen LogP contribution in [0.25, 0.3) is 0 Å². The molecule has 7 nitrogen and oxygen atoms in total. The molecule has 172 valence electrons. The molecule has 1 aromatic rings. The molecule has 0 atom stereocenters. The number of carbonyl (C=O) groups is 1. The van der Waals surface area contributed by atoms with Crippen molar-refractivity contribution < 1.29 is 9.53 Å². The Hall–Kier alpha value is -1.73. The second-order valence-corrected chi connectivity index (χ2v) is 9.96. The van der Waals surface area contributed by atoms with Gasteiger partial charge in [-0.05, 0) is 63.6 Å². The highest BCUT2D eigenvalue weighted by molar-refractivity contribution is 5.92. The van der Waals surface area contributed by atoms with Gasteiger partial charge in [0.2, 0.25) is 5.95 Å². The van der Waals surface area contributed by atoms with Crippen molar-refractivity contribution in [3.63, 3.8) is 0 Å². The van der Waals surface area contributed by atoms with Gasteiger partial charge in [-0.25, -0.2) is 9.97 Å². The molecular weight excluding hydrogens is 390 g/mol. The van der Waals surface area contributed by atoms with Gasteiger partial charge in [-0.15, -0.1) is 0 Å². The summed E-state index contributed by atoms with van der Waals surface area (Å²) >= 11 is 0. The van der Waals surface area contributed by atoms with E-state index < -0.39 is 0 Å². The van der Waals surface area contributed by atoms with Gasteiger partial charge in [-0.1, -0.05) is 20.3 Å². The third-order valence-electron chi connectivity index (χ3n) is 7.13. The lowest BCUT2D eigenvalue weighted by molar-refractivity contribution is -0.00673. The van der Waals surface area contributed by atoms with Crippen LogP contribution in [0.3, 0.4) is 0 Å².